The lowest BCUT2D eigenvalue weighted by Crippen LogP contribution is -2.32. The van der Waals surface area contributed by atoms with E-state index in [9.17, 15) is 9.59 Å². The first-order valence-corrected chi connectivity index (χ1v) is 5.03. The average Bonchev–Trinajstić information content (AvgIpc) is 2.30. The molecule has 0 radical (unpaired) electrons. The van der Waals surface area contributed by atoms with E-state index in [1.54, 1.807) is 13.8 Å². The molecule has 0 aliphatic heterocycles. The molecule has 0 aromatic carbocycles. The van der Waals surface area contributed by atoms with Gasteiger partial charge in [0, 0.05) is 11.8 Å². The fourth-order valence-corrected chi connectivity index (χ4v) is 1.19. The molecule has 0 bridgehead atoms. The zero-order valence-electron chi connectivity index (χ0n) is 9.69. The molecule has 92 valence electrons. The Morgan fingerprint density at radius 2 is 2.29 bits per heavy atom. The maximum Gasteiger partial charge on any atom is 0.330 e. The lowest BCUT2D eigenvalue weighted by atomic mass is 10.4. The predicted octanol–water partition coefficient (Wildman–Crippen LogP) is -0.797. The van der Waals surface area contributed by atoms with Crippen molar-refractivity contribution in [2.45, 2.75) is 26.7 Å². The Morgan fingerprint density at radius 3 is 2.88 bits per heavy atom. The van der Waals surface area contributed by atoms with Crippen LogP contribution in [0.15, 0.2) is 15.8 Å². The van der Waals surface area contributed by atoms with E-state index in [1.165, 1.54) is 10.8 Å². The third-order valence-electron chi connectivity index (χ3n) is 2.07. The van der Waals surface area contributed by atoms with Crippen LogP contribution in [0.4, 0.5) is 0 Å². The van der Waals surface area contributed by atoms with E-state index in [0.717, 1.165) is 0 Å². The van der Waals surface area contributed by atoms with Gasteiger partial charge in [0.15, 0.2) is 0 Å². The number of aliphatic hydroxyl groups excluding tert-OH is 1. The van der Waals surface area contributed by atoms with Crippen LogP contribution in [0, 0.1) is 18.8 Å². The quantitative estimate of drug-likeness (QED) is 0.673. The topological polar surface area (TPSA) is 84.3 Å². The van der Waals surface area contributed by atoms with Crippen LogP contribution < -0.4 is 11.2 Å². The molecule has 0 saturated heterocycles. The second-order valence-electron chi connectivity index (χ2n) is 3.40. The number of ether oxygens (including phenoxy) is 1. The van der Waals surface area contributed by atoms with E-state index >= 15 is 0 Å². The lowest BCUT2D eigenvalue weighted by molar-refractivity contribution is 0.00629. The highest BCUT2D eigenvalue weighted by Crippen LogP contribution is 1.92. The number of H-pyrrole nitrogens is 1. The average molecular weight is 238 g/mol. The van der Waals surface area contributed by atoms with Crippen molar-refractivity contribution in [1.82, 2.24) is 9.55 Å². The van der Waals surface area contributed by atoms with Gasteiger partial charge in [-0.25, -0.2) is 4.79 Å². The molecule has 1 aromatic heterocycles. The van der Waals surface area contributed by atoms with E-state index in [-0.39, 0.29) is 13.3 Å². The summed E-state index contributed by atoms with van der Waals surface area (Å²) in [6.45, 7) is 2.89. The Hall–Kier alpha value is -1.84. The van der Waals surface area contributed by atoms with Gasteiger partial charge in [0.1, 0.15) is 12.8 Å². The van der Waals surface area contributed by atoms with Crippen molar-refractivity contribution < 1.29 is 9.84 Å². The molecule has 0 amide bonds. The number of aromatic amines is 1. The molecule has 1 atom stereocenters. The van der Waals surface area contributed by atoms with Crippen LogP contribution in [0.3, 0.4) is 0 Å². The normalized spacial score (nSPS) is 11.7. The first-order chi connectivity index (χ1) is 8.08. The minimum absolute atomic E-state index is 0.0731. The standard InChI is InChI=1S/C11H14N2O4/c1-3-4-9(6-14)17-7-13-5-8(2)10(15)12-11(13)16/h5,9,14H,6-7H2,1-2H3,(H,12,15,16). The number of aliphatic hydroxyl groups is 1. The van der Waals surface area contributed by atoms with E-state index < -0.39 is 17.4 Å². The molecule has 6 nitrogen and oxygen atoms in total. The first kappa shape index (κ1) is 13.2. The second-order valence-corrected chi connectivity index (χ2v) is 3.40. The molecular formula is C11H14N2O4. The molecule has 0 saturated carbocycles. The summed E-state index contributed by atoms with van der Waals surface area (Å²) in [4.78, 5) is 24.7. The molecule has 0 aliphatic carbocycles. The maximum atomic E-state index is 11.4. The molecule has 0 fully saturated rings. The smallest absolute Gasteiger partial charge is 0.330 e. The number of nitrogens with zero attached hydrogens (tertiary/aromatic N) is 1. The summed E-state index contributed by atoms with van der Waals surface area (Å²) in [5.74, 6) is 5.25. The highest BCUT2D eigenvalue weighted by Gasteiger charge is 2.05. The molecule has 17 heavy (non-hydrogen) atoms. The zero-order valence-corrected chi connectivity index (χ0v) is 9.69. The summed E-state index contributed by atoms with van der Waals surface area (Å²) in [6, 6.07) is 0. The van der Waals surface area contributed by atoms with Crippen LogP contribution in [0.25, 0.3) is 0 Å². The molecule has 1 aromatic rings. The van der Waals surface area contributed by atoms with Crippen LogP contribution >= 0.6 is 0 Å². The van der Waals surface area contributed by atoms with Gasteiger partial charge < -0.3 is 9.84 Å². The lowest BCUT2D eigenvalue weighted by Gasteiger charge is -2.11. The summed E-state index contributed by atoms with van der Waals surface area (Å²) in [5, 5.41) is 8.93. The van der Waals surface area contributed by atoms with Crippen molar-refractivity contribution in [2.24, 2.45) is 0 Å². The van der Waals surface area contributed by atoms with Gasteiger partial charge in [-0.2, -0.15) is 0 Å². The first-order valence-electron chi connectivity index (χ1n) is 5.03. The van der Waals surface area contributed by atoms with Gasteiger partial charge in [0.05, 0.1) is 6.61 Å². The number of aryl methyl sites for hydroxylation is 1. The maximum absolute atomic E-state index is 11.4. The Labute approximate surface area is 97.9 Å². The van der Waals surface area contributed by atoms with Gasteiger partial charge >= 0.3 is 5.69 Å². The van der Waals surface area contributed by atoms with Crippen molar-refractivity contribution in [3.8, 4) is 11.8 Å². The van der Waals surface area contributed by atoms with E-state index in [0.29, 0.717) is 5.56 Å². The van der Waals surface area contributed by atoms with Crippen LogP contribution in [-0.4, -0.2) is 27.4 Å². The third-order valence-corrected chi connectivity index (χ3v) is 2.07. The van der Waals surface area contributed by atoms with Gasteiger partial charge in [-0.3, -0.25) is 14.3 Å². The van der Waals surface area contributed by atoms with E-state index in [2.05, 4.69) is 16.8 Å². The molecule has 1 rings (SSSR count). The Bertz CT molecular complexity index is 547. The molecule has 0 aliphatic rings. The van der Waals surface area contributed by atoms with Crippen molar-refractivity contribution >= 4 is 0 Å². The van der Waals surface area contributed by atoms with Gasteiger partial charge in [-0.05, 0) is 13.8 Å². The van der Waals surface area contributed by atoms with Crippen molar-refractivity contribution in [1.29, 1.82) is 0 Å². The highest BCUT2D eigenvalue weighted by atomic mass is 16.5. The van der Waals surface area contributed by atoms with Crippen LogP contribution in [0.2, 0.25) is 0 Å². The van der Waals surface area contributed by atoms with Gasteiger partial charge in [-0.15, -0.1) is 5.92 Å². The fraction of sp³-hybridized carbons (Fsp3) is 0.455. The third kappa shape index (κ3) is 3.59. The molecule has 2 N–H and O–H groups in total. The minimum Gasteiger partial charge on any atom is -0.393 e. The van der Waals surface area contributed by atoms with Gasteiger partial charge in [0.2, 0.25) is 0 Å². The summed E-state index contributed by atoms with van der Waals surface area (Å²) in [7, 11) is 0. The fourth-order valence-electron chi connectivity index (χ4n) is 1.19. The Kier molecular flexibility index (Phi) is 4.69. The highest BCUT2D eigenvalue weighted by molar-refractivity contribution is 5.03. The number of rotatable bonds is 4. The molecule has 0 spiro atoms. The molecule has 1 unspecified atom stereocenters. The number of nitrogens with one attached hydrogen (secondary N) is 1. The van der Waals surface area contributed by atoms with E-state index in [4.69, 9.17) is 9.84 Å². The zero-order chi connectivity index (χ0) is 12.8. The van der Waals surface area contributed by atoms with Crippen LogP contribution in [0.5, 0.6) is 0 Å². The molecule has 1 heterocycles. The SMILES string of the molecule is CC#CC(CO)OCn1cc(C)c(=O)[nH]c1=O. The van der Waals surface area contributed by atoms with Crippen molar-refractivity contribution in [2.75, 3.05) is 6.61 Å². The van der Waals surface area contributed by atoms with Gasteiger partial charge in [0.25, 0.3) is 5.56 Å². The van der Waals surface area contributed by atoms with Crippen LogP contribution in [-0.2, 0) is 11.5 Å². The number of hydrogen-bond acceptors (Lipinski definition) is 4. The summed E-state index contributed by atoms with van der Waals surface area (Å²) >= 11 is 0. The van der Waals surface area contributed by atoms with Crippen molar-refractivity contribution in [3.05, 3.63) is 32.6 Å². The Balaban J connectivity index is 2.81. The van der Waals surface area contributed by atoms with Crippen molar-refractivity contribution in [3.63, 3.8) is 0 Å². The Morgan fingerprint density at radius 1 is 1.59 bits per heavy atom. The molecule has 6 heteroatoms. The summed E-state index contributed by atoms with van der Waals surface area (Å²) < 4.78 is 6.42. The summed E-state index contributed by atoms with van der Waals surface area (Å²) in [6.07, 6.45) is 0.758. The largest absolute Gasteiger partial charge is 0.393 e. The van der Waals surface area contributed by atoms with Gasteiger partial charge in [-0.1, -0.05) is 5.92 Å². The monoisotopic (exact) mass is 238 g/mol. The van der Waals surface area contributed by atoms with Crippen LogP contribution in [0.1, 0.15) is 12.5 Å². The second kappa shape index (κ2) is 6.03. The summed E-state index contributed by atoms with van der Waals surface area (Å²) in [5.41, 5.74) is -0.560. The van der Waals surface area contributed by atoms with E-state index in [1.807, 2.05) is 0 Å². The number of hydrogen-bond donors (Lipinski definition) is 2. The predicted molar refractivity (Wildman–Crippen MR) is 61.5 cm³/mol. The molecular weight excluding hydrogens is 224 g/mol. The number of aromatic nitrogens is 2. The minimum atomic E-state index is -0.640.